The van der Waals surface area contributed by atoms with Crippen LogP contribution in [0.5, 0.6) is 0 Å². The first kappa shape index (κ1) is 11.4. The van der Waals surface area contributed by atoms with Gasteiger partial charge in [0, 0.05) is 25.2 Å². The SMILES string of the molecule is CC1(NC(=O)C(=O)N2CCCNCC2)CC1. The molecular weight excluding hydrogens is 206 g/mol. The molecule has 0 aromatic rings. The molecular formula is C11H19N3O2. The van der Waals surface area contributed by atoms with E-state index in [4.69, 9.17) is 0 Å². The minimum absolute atomic E-state index is 0.114. The van der Waals surface area contributed by atoms with Gasteiger partial charge in [-0.15, -0.1) is 0 Å². The molecule has 0 unspecified atom stereocenters. The Kier molecular flexibility index (Phi) is 3.14. The third kappa shape index (κ3) is 2.72. The van der Waals surface area contributed by atoms with Crippen molar-refractivity contribution in [3.63, 3.8) is 0 Å². The van der Waals surface area contributed by atoms with Gasteiger partial charge in [0.05, 0.1) is 0 Å². The van der Waals surface area contributed by atoms with E-state index in [1.165, 1.54) is 0 Å². The third-order valence-corrected chi connectivity index (χ3v) is 3.24. The second kappa shape index (κ2) is 4.41. The van der Waals surface area contributed by atoms with Crippen molar-refractivity contribution < 1.29 is 9.59 Å². The first-order chi connectivity index (χ1) is 7.61. The van der Waals surface area contributed by atoms with Gasteiger partial charge in [-0.05, 0) is 32.7 Å². The van der Waals surface area contributed by atoms with Gasteiger partial charge in [0.1, 0.15) is 0 Å². The van der Waals surface area contributed by atoms with Crippen molar-refractivity contribution in [2.45, 2.75) is 31.7 Å². The molecule has 2 amide bonds. The number of nitrogens with one attached hydrogen (secondary N) is 2. The maximum absolute atomic E-state index is 11.8. The molecule has 1 aliphatic heterocycles. The summed E-state index contributed by atoms with van der Waals surface area (Å²) in [7, 11) is 0. The number of carbonyl (C=O) groups is 2. The molecule has 1 aliphatic carbocycles. The second-order valence-corrected chi connectivity index (χ2v) is 4.91. The monoisotopic (exact) mass is 225 g/mol. The molecule has 0 radical (unpaired) electrons. The van der Waals surface area contributed by atoms with E-state index in [2.05, 4.69) is 10.6 Å². The van der Waals surface area contributed by atoms with E-state index in [-0.39, 0.29) is 11.4 Å². The highest BCUT2D eigenvalue weighted by molar-refractivity contribution is 6.35. The standard InChI is InChI=1S/C11H19N3O2/c1-11(3-4-11)13-9(15)10(16)14-7-2-5-12-6-8-14/h12H,2-8H2,1H3,(H,13,15). The molecule has 2 fully saturated rings. The van der Waals surface area contributed by atoms with E-state index < -0.39 is 5.91 Å². The van der Waals surface area contributed by atoms with Crippen LogP contribution in [-0.2, 0) is 9.59 Å². The first-order valence-electron chi connectivity index (χ1n) is 5.93. The fraction of sp³-hybridized carbons (Fsp3) is 0.818. The summed E-state index contributed by atoms with van der Waals surface area (Å²) in [5.41, 5.74) is -0.114. The number of hydrogen-bond donors (Lipinski definition) is 2. The largest absolute Gasteiger partial charge is 0.343 e. The number of carbonyl (C=O) groups excluding carboxylic acids is 2. The van der Waals surface area contributed by atoms with E-state index in [1.807, 2.05) is 6.92 Å². The fourth-order valence-electron chi connectivity index (χ4n) is 1.83. The van der Waals surface area contributed by atoms with Crippen molar-refractivity contribution in [1.82, 2.24) is 15.5 Å². The lowest BCUT2D eigenvalue weighted by Crippen LogP contribution is -2.47. The molecule has 0 aromatic heterocycles. The van der Waals surface area contributed by atoms with Crippen LogP contribution in [0.1, 0.15) is 26.2 Å². The normalized spacial score (nSPS) is 23.4. The van der Waals surface area contributed by atoms with Crippen molar-refractivity contribution in [1.29, 1.82) is 0 Å². The van der Waals surface area contributed by atoms with E-state index in [1.54, 1.807) is 4.90 Å². The molecule has 0 aromatic carbocycles. The number of hydrogen-bond acceptors (Lipinski definition) is 3. The molecule has 16 heavy (non-hydrogen) atoms. The van der Waals surface area contributed by atoms with E-state index in [0.29, 0.717) is 13.1 Å². The Balaban J connectivity index is 1.87. The van der Waals surface area contributed by atoms with Gasteiger partial charge in [-0.3, -0.25) is 9.59 Å². The van der Waals surface area contributed by atoms with Crippen molar-refractivity contribution >= 4 is 11.8 Å². The second-order valence-electron chi connectivity index (χ2n) is 4.91. The van der Waals surface area contributed by atoms with E-state index in [9.17, 15) is 9.59 Å². The average Bonchev–Trinajstić information content (AvgIpc) is 3.01. The lowest BCUT2D eigenvalue weighted by Gasteiger charge is -2.20. The molecule has 90 valence electrons. The molecule has 1 heterocycles. The lowest BCUT2D eigenvalue weighted by molar-refractivity contribution is -0.146. The van der Waals surface area contributed by atoms with Crippen LogP contribution in [-0.4, -0.2) is 48.4 Å². The first-order valence-corrected chi connectivity index (χ1v) is 5.93. The highest BCUT2D eigenvalue weighted by Crippen LogP contribution is 2.34. The van der Waals surface area contributed by atoms with Gasteiger partial charge in [-0.2, -0.15) is 0 Å². The van der Waals surface area contributed by atoms with Gasteiger partial charge in [0.15, 0.2) is 0 Å². The molecule has 5 heteroatoms. The average molecular weight is 225 g/mol. The van der Waals surface area contributed by atoms with Crippen LogP contribution in [0.4, 0.5) is 0 Å². The molecule has 0 atom stereocenters. The van der Waals surface area contributed by atoms with Crippen LogP contribution in [0, 0.1) is 0 Å². The van der Waals surface area contributed by atoms with E-state index in [0.717, 1.165) is 32.4 Å². The Hall–Kier alpha value is -1.10. The molecule has 0 bridgehead atoms. The van der Waals surface area contributed by atoms with Crippen LogP contribution in [0.3, 0.4) is 0 Å². The summed E-state index contributed by atoms with van der Waals surface area (Å²) in [5, 5.41) is 6.00. The molecule has 2 aliphatic rings. The Morgan fingerprint density at radius 2 is 2.00 bits per heavy atom. The topological polar surface area (TPSA) is 61.4 Å². The van der Waals surface area contributed by atoms with Crippen molar-refractivity contribution in [2.75, 3.05) is 26.2 Å². The maximum Gasteiger partial charge on any atom is 0.311 e. The number of rotatable bonds is 1. The summed E-state index contributed by atoms with van der Waals surface area (Å²) in [4.78, 5) is 25.2. The Bertz CT molecular complexity index is 292. The Labute approximate surface area is 95.6 Å². The summed E-state index contributed by atoms with van der Waals surface area (Å²) in [6.07, 6.45) is 2.87. The van der Waals surface area contributed by atoms with Gasteiger partial charge in [0.2, 0.25) is 0 Å². The number of amides is 2. The van der Waals surface area contributed by atoms with Crippen LogP contribution in [0.25, 0.3) is 0 Å². The lowest BCUT2D eigenvalue weighted by atomic mass is 10.3. The van der Waals surface area contributed by atoms with Crippen molar-refractivity contribution in [2.24, 2.45) is 0 Å². The van der Waals surface area contributed by atoms with Crippen LogP contribution in [0.15, 0.2) is 0 Å². The number of nitrogens with zero attached hydrogens (tertiary/aromatic N) is 1. The van der Waals surface area contributed by atoms with Crippen LogP contribution in [0.2, 0.25) is 0 Å². The highest BCUT2D eigenvalue weighted by atomic mass is 16.2. The fourth-order valence-corrected chi connectivity index (χ4v) is 1.83. The van der Waals surface area contributed by atoms with Gasteiger partial charge in [-0.1, -0.05) is 0 Å². The summed E-state index contributed by atoms with van der Waals surface area (Å²) < 4.78 is 0. The zero-order valence-electron chi connectivity index (χ0n) is 9.71. The van der Waals surface area contributed by atoms with Crippen molar-refractivity contribution in [3.8, 4) is 0 Å². The molecule has 0 spiro atoms. The zero-order chi connectivity index (χ0) is 11.6. The van der Waals surface area contributed by atoms with Gasteiger partial charge >= 0.3 is 11.8 Å². The minimum Gasteiger partial charge on any atom is -0.343 e. The van der Waals surface area contributed by atoms with Crippen molar-refractivity contribution in [3.05, 3.63) is 0 Å². The molecule has 2 rings (SSSR count). The van der Waals surface area contributed by atoms with Gasteiger partial charge in [0.25, 0.3) is 0 Å². The molecule has 5 nitrogen and oxygen atoms in total. The maximum atomic E-state index is 11.8. The quantitative estimate of drug-likeness (QED) is 0.590. The Morgan fingerprint density at radius 3 is 2.69 bits per heavy atom. The Morgan fingerprint density at radius 1 is 1.25 bits per heavy atom. The van der Waals surface area contributed by atoms with Gasteiger partial charge in [-0.25, -0.2) is 0 Å². The minimum atomic E-state index is -0.443. The molecule has 2 N–H and O–H groups in total. The highest BCUT2D eigenvalue weighted by Gasteiger charge is 2.40. The van der Waals surface area contributed by atoms with E-state index >= 15 is 0 Å². The summed E-state index contributed by atoms with van der Waals surface area (Å²) in [5.74, 6) is -0.821. The predicted octanol–water partition coefficient (Wildman–Crippen LogP) is -0.523. The summed E-state index contributed by atoms with van der Waals surface area (Å²) in [6, 6.07) is 0. The van der Waals surface area contributed by atoms with Gasteiger partial charge < -0.3 is 15.5 Å². The summed E-state index contributed by atoms with van der Waals surface area (Å²) in [6.45, 7) is 4.97. The van der Waals surface area contributed by atoms with Crippen LogP contribution >= 0.6 is 0 Å². The van der Waals surface area contributed by atoms with Crippen LogP contribution < -0.4 is 10.6 Å². The predicted molar refractivity (Wildman–Crippen MR) is 59.8 cm³/mol. The molecule has 1 saturated carbocycles. The smallest absolute Gasteiger partial charge is 0.311 e. The zero-order valence-corrected chi connectivity index (χ0v) is 9.71. The third-order valence-electron chi connectivity index (χ3n) is 3.24. The summed E-state index contributed by atoms with van der Waals surface area (Å²) >= 11 is 0. The molecule has 1 saturated heterocycles.